The Hall–Kier alpha value is -2.30. The van der Waals surface area contributed by atoms with Gasteiger partial charge < -0.3 is 15.6 Å². The highest BCUT2D eigenvalue weighted by Crippen LogP contribution is 2.18. The number of nitrogens with one attached hydrogen (secondary N) is 3. The molecule has 0 spiro atoms. The van der Waals surface area contributed by atoms with E-state index < -0.39 is 0 Å². The average Bonchev–Trinajstić information content (AvgIpc) is 3.00. The first kappa shape index (κ1) is 15.6. The van der Waals surface area contributed by atoms with Crippen molar-refractivity contribution >= 4 is 16.9 Å². The van der Waals surface area contributed by atoms with Crippen molar-refractivity contribution < 1.29 is 4.79 Å². The number of aromatic nitrogens is 1. The summed E-state index contributed by atoms with van der Waals surface area (Å²) in [6, 6.07) is 5.97. The molecule has 1 aliphatic rings. The summed E-state index contributed by atoms with van der Waals surface area (Å²) in [7, 11) is 0. The zero-order chi connectivity index (χ0) is 16.4. The molecule has 0 radical (unpaired) electrons. The predicted molar refractivity (Wildman–Crippen MR) is 91.7 cm³/mol. The number of fused-ring (bicyclic) bond motifs is 1. The van der Waals surface area contributed by atoms with Gasteiger partial charge in [-0.2, -0.15) is 0 Å². The van der Waals surface area contributed by atoms with Crippen LogP contribution < -0.4 is 16.2 Å². The highest BCUT2D eigenvalue weighted by molar-refractivity contribution is 5.81. The van der Waals surface area contributed by atoms with Crippen molar-refractivity contribution in [1.82, 2.24) is 15.6 Å². The lowest BCUT2D eigenvalue weighted by Crippen LogP contribution is -2.41. The first-order valence-corrected chi connectivity index (χ1v) is 8.20. The van der Waals surface area contributed by atoms with Gasteiger partial charge in [0.05, 0.1) is 0 Å². The lowest BCUT2D eigenvalue weighted by molar-refractivity contribution is 0.236. The van der Waals surface area contributed by atoms with Crippen LogP contribution in [-0.4, -0.2) is 17.1 Å². The zero-order valence-electron chi connectivity index (χ0n) is 13.7. The number of hydrogen-bond acceptors (Lipinski definition) is 2. The van der Waals surface area contributed by atoms with E-state index in [0.717, 1.165) is 29.3 Å². The summed E-state index contributed by atoms with van der Waals surface area (Å²) < 4.78 is 0. The summed E-state index contributed by atoms with van der Waals surface area (Å²) >= 11 is 0. The van der Waals surface area contributed by atoms with Crippen LogP contribution >= 0.6 is 0 Å². The number of rotatable bonds is 3. The molecule has 0 bridgehead atoms. The van der Waals surface area contributed by atoms with Gasteiger partial charge >= 0.3 is 6.03 Å². The maximum Gasteiger partial charge on any atom is 0.315 e. The molecule has 0 saturated heterocycles. The molecule has 1 saturated carbocycles. The summed E-state index contributed by atoms with van der Waals surface area (Å²) in [5, 5.41) is 6.73. The fourth-order valence-corrected chi connectivity index (χ4v) is 3.14. The molecule has 1 aromatic heterocycles. The van der Waals surface area contributed by atoms with E-state index in [2.05, 4.69) is 21.7 Å². The summed E-state index contributed by atoms with van der Waals surface area (Å²) in [6.45, 7) is 4.31. The van der Waals surface area contributed by atoms with E-state index in [4.69, 9.17) is 0 Å². The fraction of sp³-hybridized carbons (Fsp3) is 0.444. The first-order valence-electron chi connectivity index (χ1n) is 8.20. The molecule has 0 unspecified atom stereocenters. The minimum Gasteiger partial charge on any atom is -0.335 e. The van der Waals surface area contributed by atoms with Gasteiger partial charge in [0.1, 0.15) is 0 Å². The molecule has 5 heteroatoms. The van der Waals surface area contributed by atoms with Gasteiger partial charge in [-0.15, -0.1) is 0 Å². The Morgan fingerprint density at radius 3 is 2.61 bits per heavy atom. The number of urea groups is 1. The van der Waals surface area contributed by atoms with Gasteiger partial charge in [-0.3, -0.25) is 4.79 Å². The highest BCUT2D eigenvalue weighted by Gasteiger charge is 2.17. The van der Waals surface area contributed by atoms with Crippen molar-refractivity contribution in [2.24, 2.45) is 0 Å². The maximum atomic E-state index is 12.2. The number of H-pyrrole nitrogens is 1. The number of hydrogen-bond donors (Lipinski definition) is 3. The molecule has 2 amide bonds. The van der Waals surface area contributed by atoms with Crippen LogP contribution in [0.1, 0.15) is 42.4 Å². The van der Waals surface area contributed by atoms with Crippen LogP contribution in [0.3, 0.4) is 0 Å². The number of amides is 2. The Balaban J connectivity index is 1.72. The molecule has 1 aliphatic carbocycles. The van der Waals surface area contributed by atoms with Crippen LogP contribution in [0.2, 0.25) is 0 Å². The number of aromatic amines is 1. The summed E-state index contributed by atoms with van der Waals surface area (Å²) in [4.78, 5) is 27.0. The second kappa shape index (κ2) is 6.44. The molecule has 1 fully saturated rings. The smallest absolute Gasteiger partial charge is 0.315 e. The van der Waals surface area contributed by atoms with Crippen molar-refractivity contribution in [1.29, 1.82) is 0 Å². The lowest BCUT2D eigenvalue weighted by atomic mass is 10.1. The van der Waals surface area contributed by atoms with Crippen LogP contribution in [-0.2, 0) is 6.54 Å². The maximum absolute atomic E-state index is 12.2. The van der Waals surface area contributed by atoms with Crippen molar-refractivity contribution in [3.8, 4) is 0 Å². The highest BCUT2D eigenvalue weighted by atomic mass is 16.2. The monoisotopic (exact) mass is 313 g/mol. The average molecular weight is 313 g/mol. The molecule has 1 aromatic carbocycles. The van der Waals surface area contributed by atoms with Crippen molar-refractivity contribution in [2.75, 3.05) is 0 Å². The van der Waals surface area contributed by atoms with E-state index in [-0.39, 0.29) is 24.2 Å². The molecule has 122 valence electrons. The third-order valence-corrected chi connectivity index (χ3v) is 4.67. The third-order valence-electron chi connectivity index (χ3n) is 4.67. The van der Waals surface area contributed by atoms with E-state index in [0.29, 0.717) is 5.56 Å². The Kier molecular flexibility index (Phi) is 4.37. The van der Waals surface area contributed by atoms with Crippen LogP contribution in [0, 0.1) is 13.8 Å². The van der Waals surface area contributed by atoms with E-state index in [1.165, 1.54) is 18.4 Å². The van der Waals surface area contributed by atoms with Gasteiger partial charge in [0.25, 0.3) is 5.56 Å². The van der Waals surface area contributed by atoms with Crippen LogP contribution in [0.25, 0.3) is 10.9 Å². The third kappa shape index (κ3) is 3.55. The van der Waals surface area contributed by atoms with Gasteiger partial charge in [-0.05, 0) is 61.4 Å². The van der Waals surface area contributed by atoms with Gasteiger partial charge in [-0.25, -0.2) is 4.79 Å². The standard InChI is InChI=1S/C18H23N3O2/c1-11-7-13-9-14(17(22)21-16(13)8-12(11)2)10-19-18(23)20-15-5-3-4-6-15/h7-9,15H,3-6,10H2,1-2H3,(H,21,22)(H2,19,20,23). The quantitative estimate of drug-likeness (QED) is 0.815. The SMILES string of the molecule is Cc1cc2cc(CNC(=O)NC3CCCC3)c(=O)[nH]c2cc1C. The van der Waals surface area contributed by atoms with Crippen LogP contribution in [0.5, 0.6) is 0 Å². The number of benzene rings is 1. The van der Waals surface area contributed by atoms with Gasteiger partial charge in [0, 0.05) is 23.7 Å². The largest absolute Gasteiger partial charge is 0.335 e. The van der Waals surface area contributed by atoms with Crippen molar-refractivity contribution in [3.05, 3.63) is 45.2 Å². The topological polar surface area (TPSA) is 74.0 Å². The predicted octanol–water partition coefficient (Wildman–Crippen LogP) is 2.89. The number of carbonyl (C=O) groups is 1. The molecular weight excluding hydrogens is 290 g/mol. The molecule has 2 aromatic rings. The van der Waals surface area contributed by atoms with E-state index in [9.17, 15) is 9.59 Å². The number of aryl methyl sites for hydroxylation is 2. The fourth-order valence-electron chi connectivity index (χ4n) is 3.14. The van der Waals surface area contributed by atoms with Crippen molar-refractivity contribution in [2.45, 2.75) is 52.1 Å². The minimum atomic E-state index is -0.198. The second-order valence-corrected chi connectivity index (χ2v) is 6.46. The molecule has 3 N–H and O–H groups in total. The minimum absolute atomic E-state index is 0.151. The summed E-state index contributed by atoms with van der Waals surface area (Å²) in [6.07, 6.45) is 4.44. The summed E-state index contributed by atoms with van der Waals surface area (Å²) in [5.74, 6) is 0. The van der Waals surface area contributed by atoms with Gasteiger partial charge in [0.2, 0.25) is 0 Å². The van der Waals surface area contributed by atoms with E-state index >= 15 is 0 Å². The molecule has 1 heterocycles. The summed E-state index contributed by atoms with van der Waals surface area (Å²) in [5.41, 5.74) is 3.58. The van der Waals surface area contributed by atoms with E-state index in [1.807, 2.05) is 26.0 Å². The zero-order valence-corrected chi connectivity index (χ0v) is 13.7. The molecule has 0 atom stereocenters. The normalized spacial score (nSPS) is 15.0. The van der Waals surface area contributed by atoms with Crippen LogP contribution in [0.15, 0.2) is 23.0 Å². The molecule has 3 rings (SSSR count). The second-order valence-electron chi connectivity index (χ2n) is 6.46. The first-order chi connectivity index (χ1) is 11.0. The number of pyridine rings is 1. The Morgan fingerprint density at radius 2 is 1.87 bits per heavy atom. The number of carbonyl (C=O) groups excluding carboxylic acids is 1. The Morgan fingerprint density at radius 1 is 1.17 bits per heavy atom. The molecular formula is C18H23N3O2. The van der Waals surface area contributed by atoms with Crippen LogP contribution in [0.4, 0.5) is 4.79 Å². The van der Waals surface area contributed by atoms with Crippen molar-refractivity contribution in [3.63, 3.8) is 0 Å². The van der Waals surface area contributed by atoms with Gasteiger partial charge in [-0.1, -0.05) is 12.8 Å². The Bertz CT molecular complexity index is 789. The molecule has 5 nitrogen and oxygen atoms in total. The lowest BCUT2D eigenvalue weighted by Gasteiger charge is -2.13. The van der Waals surface area contributed by atoms with Gasteiger partial charge in [0.15, 0.2) is 0 Å². The van der Waals surface area contributed by atoms with E-state index in [1.54, 1.807) is 0 Å². The Labute approximate surface area is 135 Å². The molecule has 23 heavy (non-hydrogen) atoms. The molecule has 0 aliphatic heterocycles.